The van der Waals surface area contributed by atoms with Gasteiger partial charge in [0.1, 0.15) is 5.75 Å². The fraction of sp³-hybridized carbons (Fsp3) is 0.458. The van der Waals surface area contributed by atoms with Gasteiger partial charge in [-0.15, -0.1) is 24.0 Å². The number of aliphatic imine (C=N–C) groups is 1. The first-order valence-electron chi connectivity index (χ1n) is 10.7. The number of ether oxygens (including phenoxy) is 1. The van der Waals surface area contributed by atoms with Gasteiger partial charge < -0.3 is 15.4 Å². The van der Waals surface area contributed by atoms with Crippen LogP contribution in [0.5, 0.6) is 5.75 Å². The third kappa shape index (κ3) is 7.16. The van der Waals surface area contributed by atoms with Gasteiger partial charge in [0, 0.05) is 33.1 Å². The topological polar surface area (TPSA) is 48.9 Å². The quantitative estimate of drug-likeness (QED) is 0.297. The zero-order valence-corrected chi connectivity index (χ0v) is 20.7. The summed E-state index contributed by atoms with van der Waals surface area (Å²) in [6.45, 7) is 9.99. The second kappa shape index (κ2) is 12.8. The molecule has 1 aliphatic heterocycles. The summed E-state index contributed by atoms with van der Waals surface area (Å²) in [5.41, 5.74) is 5.30. The van der Waals surface area contributed by atoms with Crippen molar-refractivity contribution < 1.29 is 4.74 Å². The summed E-state index contributed by atoms with van der Waals surface area (Å²) in [6.07, 6.45) is 1.99. The minimum absolute atomic E-state index is 0. The van der Waals surface area contributed by atoms with E-state index in [1.807, 2.05) is 7.05 Å². The van der Waals surface area contributed by atoms with Gasteiger partial charge in [-0.25, -0.2) is 0 Å². The lowest BCUT2D eigenvalue weighted by Crippen LogP contribution is -2.37. The molecule has 0 aromatic heterocycles. The van der Waals surface area contributed by atoms with Crippen molar-refractivity contribution in [3.05, 3.63) is 64.7 Å². The number of nitrogens with zero attached hydrogens (tertiary/aromatic N) is 2. The molecule has 2 aromatic rings. The molecule has 0 amide bonds. The largest absolute Gasteiger partial charge is 0.493 e. The predicted octanol–water partition coefficient (Wildman–Crippen LogP) is 3.99. The molecule has 1 aliphatic rings. The highest BCUT2D eigenvalue weighted by molar-refractivity contribution is 14.0. The Morgan fingerprint density at radius 2 is 1.83 bits per heavy atom. The summed E-state index contributed by atoms with van der Waals surface area (Å²) in [5.74, 6) is 1.88. The van der Waals surface area contributed by atoms with Crippen LogP contribution < -0.4 is 15.4 Å². The lowest BCUT2D eigenvalue weighted by atomic mass is 10.1. The number of guanidine groups is 1. The van der Waals surface area contributed by atoms with E-state index in [1.165, 1.54) is 22.3 Å². The molecule has 0 fully saturated rings. The average Bonchev–Trinajstić information content (AvgIpc) is 3.22. The first-order valence-corrected chi connectivity index (χ1v) is 10.7. The van der Waals surface area contributed by atoms with E-state index < -0.39 is 0 Å². The van der Waals surface area contributed by atoms with Gasteiger partial charge in [0.15, 0.2) is 5.96 Å². The Hall–Kier alpha value is -1.80. The van der Waals surface area contributed by atoms with E-state index in [-0.39, 0.29) is 24.0 Å². The van der Waals surface area contributed by atoms with Crippen LogP contribution in [0.25, 0.3) is 0 Å². The highest BCUT2D eigenvalue weighted by atomic mass is 127. The third-order valence-corrected chi connectivity index (χ3v) is 5.44. The van der Waals surface area contributed by atoms with Gasteiger partial charge in [-0.1, -0.05) is 50.2 Å². The Morgan fingerprint density at radius 1 is 1.03 bits per heavy atom. The van der Waals surface area contributed by atoms with Crippen LogP contribution in [-0.4, -0.2) is 44.1 Å². The molecule has 3 rings (SSSR count). The Labute approximate surface area is 198 Å². The van der Waals surface area contributed by atoms with Gasteiger partial charge in [0.2, 0.25) is 0 Å². The number of hydrogen-bond acceptors (Lipinski definition) is 3. The fourth-order valence-corrected chi connectivity index (χ4v) is 3.67. The van der Waals surface area contributed by atoms with E-state index >= 15 is 0 Å². The normalized spacial score (nSPS) is 12.9. The minimum Gasteiger partial charge on any atom is -0.493 e. The summed E-state index contributed by atoms with van der Waals surface area (Å²) in [5, 5.41) is 6.85. The maximum Gasteiger partial charge on any atom is 0.191 e. The van der Waals surface area contributed by atoms with Gasteiger partial charge in [0.05, 0.1) is 6.61 Å². The van der Waals surface area contributed by atoms with E-state index in [4.69, 9.17) is 4.74 Å². The number of hydrogen-bond donors (Lipinski definition) is 2. The SMILES string of the molecule is CCN(CC)Cc1cccc(CNC(=NC)NCCc2ccc3c(c2)CCO3)c1.I. The maximum atomic E-state index is 5.58. The molecule has 1 heterocycles. The van der Waals surface area contributed by atoms with Gasteiger partial charge >= 0.3 is 0 Å². The van der Waals surface area contributed by atoms with Crippen molar-refractivity contribution in [1.29, 1.82) is 0 Å². The van der Waals surface area contributed by atoms with E-state index in [2.05, 4.69) is 76.8 Å². The van der Waals surface area contributed by atoms with E-state index in [9.17, 15) is 0 Å². The number of benzene rings is 2. The molecule has 164 valence electrons. The molecule has 0 radical (unpaired) electrons. The number of rotatable bonds is 9. The van der Waals surface area contributed by atoms with Crippen molar-refractivity contribution in [2.24, 2.45) is 4.99 Å². The second-order valence-electron chi connectivity index (χ2n) is 7.42. The summed E-state index contributed by atoms with van der Waals surface area (Å²) in [6, 6.07) is 15.3. The van der Waals surface area contributed by atoms with Crippen molar-refractivity contribution in [1.82, 2.24) is 15.5 Å². The van der Waals surface area contributed by atoms with E-state index in [0.717, 1.165) is 63.9 Å². The van der Waals surface area contributed by atoms with E-state index in [0.29, 0.717) is 0 Å². The van der Waals surface area contributed by atoms with Crippen LogP contribution in [0.2, 0.25) is 0 Å². The molecule has 6 heteroatoms. The monoisotopic (exact) mass is 522 g/mol. The lowest BCUT2D eigenvalue weighted by molar-refractivity contribution is 0.296. The van der Waals surface area contributed by atoms with Crippen LogP contribution >= 0.6 is 24.0 Å². The first-order chi connectivity index (χ1) is 14.2. The smallest absolute Gasteiger partial charge is 0.191 e. The second-order valence-corrected chi connectivity index (χ2v) is 7.42. The first kappa shape index (κ1) is 24.5. The minimum atomic E-state index is 0. The van der Waals surface area contributed by atoms with Crippen molar-refractivity contribution >= 4 is 29.9 Å². The Morgan fingerprint density at radius 3 is 2.60 bits per heavy atom. The molecule has 0 bridgehead atoms. The molecule has 30 heavy (non-hydrogen) atoms. The molecule has 0 saturated carbocycles. The number of halogens is 1. The van der Waals surface area contributed by atoms with Crippen LogP contribution in [-0.2, 0) is 25.9 Å². The zero-order chi connectivity index (χ0) is 20.5. The molecule has 2 N–H and O–H groups in total. The summed E-state index contributed by atoms with van der Waals surface area (Å²) in [7, 11) is 1.82. The molecule has 0 unspecified atom stereocenters. The molecular formula is C24H35IN4O. The maximum absolute atomic E-state index is 5.58. The van der Waals surface area contributed by atoms with Crippen molar-refractivity contribution in [3.8, 4) is 5.75 Å². The third-order valence-electron chi connectivity index (χ3n) is 5.44. The van der Waals surface area contributed by atoms with E-state index in [1.54, 1.807) is 0 Å². The standard InChI is InChI=1S/C24H34N4O.HI/c1-4-28(5-2)18-21-8-6-7-20(15-21)17-27-24(25-3)26-13-11-19-9-10-23-22(16-19)12-14-29-23;/h6-10,15-16H,4-5,11-14,17-18H2,1-3H3,(H2,25,26,27);1H. The van der Waals surface area contributed by atoms with Gasteiger partial charge in [-0.05, 0) is 47.8 Å². The van der Waals surface area contributed by atoms with Crippen molar-refractivity contribution in [2.45, 2.75) is 39.8 Å². The molecular weight excluding hydrogens is 487 g/mol. The van der Waals surface area contributed by atoms with Crippen molar-refractivity contribution in [2.75, 3.05) is 33.3 Å². The average molecular weight is 522 g/mol. The number of fused-ring (bicyclic) bond motifs is 1. The van der Waals surface area contributed by atoms with Gasteiger partial charge in [-0.3, -0.25) is 9.89 Å². The van der Waals surface area contributed by atoms with Crippen LogP contribution in [0.4, 0.5) is 0 Å². The van der Waals surface area contributed by atoms with Crippen LogP contribution in [0, 0.1) is 0 Å². The van der Waals surface area contributed by atoms with Gasteiger partial charge in [-0.2, -0.15) is 0 Å². The highest BCUT2D eigenvalue weighted by Crippen LogP contribution is 2.25. The van der Waals surface area contributed by atoms with Crippen LogP contribution in [0.1, 0.15) is 36.1 Å². The molecule has 0 aliphatic carbocycles. The summed E-state index contributed by atoms with van der Waals surface area (Å²) >= 11 is 0. The lowest BCUT2D eigenvalue weighted by Gasteiger charge is -2.18. The molecule has 0 atom stereocenters. The van der Waals surface area contributed by atoms with Gasteiger partial charge in [0.25, 0.3) is 0 Å². The molecule has 0 spiro atoms. The fourth-order valence-electron chi connectivity index (χ4n) is 3.67. The zero-order valence-electron chi connectivity index (χ0n) is 18.4. The van der Waals surface area contributed by atoms with Crippen molar-refractivity contribution in [3.63, 3.8) is 0 Å². The Balaban J connectivity index is 0.00000320. The predicted molar refractivity (Wildman–Crippen MR) is 136 cm³/mol. The highest BCUT2D eigenvalue weighted by Gasteiger charge is 2.11. The number of nitrogens with one attached hydrogen (secondary N) is 2. The summed E-state index contributed by atoms with van der Waals surface area (Å²) < 4.78 is 5.58. The summed E-state index contributed by atoms with van der Waals surface area (Å²) in [4.78, 5) is 6.78. The Kier molecular flexibility index (Phi) is 10.4. The van der Waals surface area contributed by atoms with Crippen LogP contribution in [0.3, 0.4) is 0 Å². The molecule has 5 nitrogen and oxygen atoms in total. The Bertz CT molecular complexity index is 821. The molecule has 0 saturated heterocycles. The van der Waals surface area contributed by atoms with Crippen LogP contribution in [0.15, 0.2) is 47.5 Å². The molecule has 2 aromatic carbocycles.